The van der Waals surface area contributed by atoms with Gasteiger partial charge in [-0.15, -0.1) is 0 Å². The quantitative estimate of drug-likeness (QED) is 0.483. The van der Waals surface area contributed by atoms with Crippen molar-refractivity contribution < 1.29 is 13.9 Å². The van der Waals surface area contributed by atoms with Crippen LogP contribution in [0.1, 0.15) is 31.7 Å². The second-order valence-electron chi connectivity index (χ2n) is 7.79. The SMILES string of the molecule is Fc1cnn(C2CCC(Oc3nc(N4CCOCC4)cc4ncc(I)cc34)CC2)c1. The Hall–Kier alpha value is -2.01. The van der Waals surface area contributed by atoms with Crippen molar-refractivity contribution in [2.24, 2.45) is 0 Å². The largest absolute Gasteiger partial charge is 0.474 e. The summed E-state index contributed by atoms with van der Waals surface area (Å²) in [6, 6.07) is 4.33. The van der Waals surface area contributed by atoms with Gasteiger partial charge in [0.1, 0.15) is 11.9 Å². The molecule has 158 valence electrons. The van der Waals surface area contributed by atoms with E-state index in [1.807, 2.05) is 12.3 Å². The predicted molar refractivity (Wildman–Crippen MR) is 119 cm³/mol. The summed E-state index contributed by atoms with van der Waals surface area (Å²) in [5.74, 6) is 1.25. The van der Waals surface area contributed by atoms with Gasteiger partial charge in [0.25, 0.3) is 0 Å². The van der Waals surface area contributed by atoms with Crippen molar-refractivity contribution in [2.45, 2.75) is 37.8 Å². The van der Waals surface area contributed by atoms with E-state index in [2.05, 4.69) is 43.6 Å². The maximum atomic E-state index is 13.3. The Balaban J connectivity index is 1.37. The van der Waals surface area contributed by atoms with Crippen molar-refractivity contribution in [3.05, 3.63) is 40.1 Å². The Morgan fingerprint density at radius 1 is 1.10 bits per heavy atom. The number of hydrogen-bond acceptors (Lipinski definition) is 6. The monoisotopic (exact) mass is 523 g/mol. The van der Waals surface area contributed by atoms with E-state index >= 15 is 0 Å². The lowest BCUT2D eigenvalue weighted by molar-refractivity contribution is 0.120. The van der Waals surface area contributed by atoms with Gasteiger partial charge in [0.2, 0.25) is 5.88 Å². The van der Waals surface area contributed by atoms with Crippen LogP contribution in [0.4, 0.5) is 10.2 Å². The summed E-state index contributed by atoms with van der Waals surface area (Å²) < 4.78 is 28.0. The van der Waals surface area contributed by atoms with Crippen LogP contribution in [0.5, 0.6) is 5.88 Å². The number of anilines is 1. The molecule has 3 aromatic heterocycles. The van der Waals surface area contributed by atoms with Gasteiger partial charge in [0, 0.05) is 28.9 Å². The number of morpholine rings is 1. The Kier molecular flexibility index (Phi) is 5.72. The molecule has 0 aromatic carbocycles. The van der Waals surface area contributed by atoms with Crippen LogP contribution in [0.2, 0.25) is 0 Å². The van der Waals surface area contributed by atoms with Gasteiger partial charge < -0.3 is 14.4 Å². The molecule has 0 spiro atoms. The third kappa shape index (κ3) is 4.22. The zero-order valence-electron chi connectivity index (χ0n) is 16.5. The third-order valence-corrected chi connectivity index (χ3v) is 6.39. The summed E-state index contributed by atoms with van der Waals surface area (Å²) in [5.41, 5.74) is 0.891. The van der Waals surface area contributed by atoms with Crippen LogP contribution in [0.25, 0.3) is 10.9 Å². The molecule has 4 heterocycles. The van der Waals surface area contributed by atoms with Crippen molar-refractivity contribution in [3.63, 3.8) is 0 Å². The van der Waals surface area contributed by atoms with E-state index in [0.717, 1.165) is 59.1 Å². The van der Waals surface area contributed by atoms with Crippen LogP contribution in [0.15, 0.2) is 30.7 Å². The highest BCUT2D eigenvalue weighted by Crippen LogP contribution is 2.34. The first-order valence-electron chi connectivity index (χ1n) is 10.3. The highest BCUT2D eigenvalue weighted by Gasteiger charge is 2.26. The Morgan fingerprint density at radius 2 is 1.90 bits per heavy atom. The maximum Gasteiger partial charge on any atom is 0.225 e. The van der Waals surface area contributed by atoms with Crippen molar-refractivity contribution in [2.75, 3.05) is 31.2 Å². The minimum Gasteiger partial charge on any atom is -0.474 e. The Morgan fingerprint density at radius 3 is 2.63 bits per heavy atom. The van der Waals surface area contributed by atoms with Crippen molar-refractivity contribution >= 4 is 39.3 Å². The standard InChI is InChI=1S/C21H23FIN5O2/c22-14-11-25-28(13-14)16-1-3-17(4-2-16)30-21-18-9-15(23)12-24-19(18)10-20(26-21)27-5-7-29-8-6-27/h9-13,16-17H,1-8H2. The number of ether oxygens (including phenoxy) is 2. The van der Waals surface area contributed by atoms with Crippen molar-refractivity contribution in [3.8, 4) is 5.88 Å². The van der Waals surface area contributed by atoms with E-state index < -0.39 is 0 Å². The van der Waals surface area contributed by atoms with Gasteiger partial charge in [-0.1, -0.05) is 0 Å². The number of aromatic nitrogens is 4. The molecule has 0 bridgehead atoms. The summed E-state index contributed by atoms with van der Waals surface area (Å²) in [6.45, 7) is 3.03. The van der Waals surface area contributed by atoms with E-state index in [1.165, 1.54) is 12.4 Å². The normalized spacial score (nSPS) is 22.4. The van der Waals surface area contributed by atoms with Gasteiger partial charge in [0.15, 0.2) is 5.82 Å². The molecule has 1 saturated carbocycles. The fourth-order valence-electron chi connectivity index (χ4n) is 4.20. The van der Waals surface area contributed by atoms with Gasteiger partial charge in [-0.25, -0.2) is 4.39 Å². The summed E-state index contributed by atoms with van der Waals surface area (Å²) in [6.07, 6.45) is 8.26. The van der Waals surface area contributed by atoms with Crippen LogP contribution in [-0.2, 0) is 4.74 Å². The number of pyridine rings is 2. The van der Waals surface area contributed by atoms with E-state index in [9.17, 15) is 4.39 Å². The number of rotatable bonds is 4. The molecule has 1 saturated heterocycles. The zero-order chi connectivity index (χ0) is 20.5. The average molecular weight is 523 g/mol. The van der Waals surface area contributed by atoms with Crippen molar-refractivity contribution in [1.82, 2.24) is 19.7 Å². The topological polar surface area (TPSA) is 65.3 Å². The fraction of sp³-hybridized carbons (Fsp3) is 0.476. The molecule has 1 aliphatic carbocycles. The Bertz CT molecular complexity index is 1030. The number of fused-ring (bicyclic) bond motifs is 1. The van der Waals surface area contributed by atoms with Gasteiger partial charge in [-0.3, -0.25) is 9.67 Å². The minimum absolute atomic E-state index is 0.0789. The van der Waals surface area contributed by atoms with Gasteiger partial charge >= 0.3 is 0 Å². The maximum absolute atomic E-state index is 13.3. The molecule has 2 fully saturated rings. The first kappa shape index (κ1) is 19.9. The van der Waals surface area contributed by atoms with E-state index in [4.69, 9.17) is 14.5 Å². The van der Waals surface area contributed by atoms with E-state index in [0.29, 0.717) is 19.1 Å². The van der Waals surface area contributed by atoms with E-state index in [-0.39, 0.29) is 18.0 Å². The summed E-state index contributed by atoms with van der Waals surface area (Å²) >= 11 is 2.27. The molecule has 0 N–H and O–H groups in total. The predicted octanol–water partition coefficient (Wildman–Crippen LogP) is 3.97. The average Bonchev–Trinajstić information content (AvgIpc) is 3.21. The molecular formula is C21H23FIN5O2. The fourth-order valence-corrected chi connectivity index (χ4v) is 4.65. The third-order valence-electron chi connectivity index (χ3n) is 5.80. The lowest BCUT2D eigenvalue weighted by Crippen LogP contribution is -2.36. The number of nitrogens with zero attached hydrogens (tertiary/aromatic N) is 5. The second-order valence-corrected chi connectivity index (χ2v) is 9.04. The summed E-state index contributed by atoms with van der Waals surface area (Å²) in [7, 11) is 0. The highest BCUT2D eigenvalue weighted by atomic mass is 127. The second kappa shape index (κ2) is 8.62. The highest BCUT2D eigenvalue weighted by molar-refractivity contribution is 14.1. The molecular weight excluding hydrogens is 500 g/mol. The van der Waals surface area contributed by atoms with Gasteiger partial charge in [-0.2, -0.15) is 10.1 Å². The van der Waals surface area contributed by atoms with Crippen LogP contribution in [-0.4, -0.2) is 52.2 Å². The minimum atomic E-state index is -0.286. The summed E-state index contributed by atoms with van der Waals surface area (Å²) in [4.78, 5) is 11.7. The number of halogens is 2. The Labute approximate surface area is 187 Å². The van der Waals surface area contributed by atoms with Crippen LogP contribution >= 0.6 is 22.6 Å². The van der Waals surface area contributed by atoms with Crippen LogP contribution < -0.4 is 9.64 Å². The number of hydrogen-bond donors (Lipinski definition) is 0. The van der Waals surface area contributed by atoms with Crippen LogP contribution in [0, 0.1) is 9.39 Å². The molecule has 2 aliphatic rings. The molecule has 9 heteroatoms. The molecule has 0 radical (unpaired) electrons. The van der Waals surface area contributed by atoms with Gasteiger partial charge in [-0.05, 0) is 54.3 Å². The molecule has 3 aromatic rings. The first-order valence-corrected chi connectivity index (χ1v) is 11.4. The lowest BCUT2D eigenvalue weighted by Gasteiger charge is -2.30. The molecule has 0 amide bonds. The molecule has 0 atom stereocenters. The molecule has 1 aliphatic heterocycles. The first-order chi connectivity index (χ1) is 14.7. The molecule has 5 rings (SSSR count). The lowest BCUT2D eigenvalue weighted by atomic mass is 9.93. The molecule has 0 unspecified atom stereocenters. The van der Waals surface area contributed by atoms with E-state index in [1.54, 1.807) is 4.68 Å². The zero-order valence-corrected chi connectivity index (χ0v) is 18.7. The van der Waals surface area contributed by atoms with Crippen LogP contribution in [0.3, 0.4) is 0 Å². The molecule has 30 heavy (non-hydrogen) atoms. The van der Waals surface area contributed by atoms with Crippen molar-refractivity contribution in [1.29, 1.82) is 0 Å². The summed E-state index contributed by atoms with van der Waals surface area (Å²) in [5, 5.41) is 5.07. The van der Waals surface area contributed by atoms with Gasteiger partial charge in [0.05, 0.1) is 42.6 Å². The molecule has 7 nitrogen and oxygen atoms in total. The smallest absolute Gasteiger partial charge is 0.225 e.